The van der Waals surface area contributed by atoms with Crippen LogP contribution in [0.15, 0.2) is 18.2 Å². The van der Waals surface area contributed by atoms with Crippen LogP contribution in [-0.4, -0.2) is 18.9 Å². The number of methoxy groups -OCH3 is 1. The van der Waals surface area contributed by atoms with Crippen molar-refractivity contribution in [3.63, 3.8) is 0 Å². The van der Waals surface area contributed by atoms with Crippen molar-refractivity contribution in [3.8, 4) is 5.75 Å². The molecule has 0 amide bonds. The van der Waals surface area contributed by atoms with Gasteiger partial charge in [-0.15, -0.1) is 0 Å². The Balaban J connectivity index is 2.96. The molecule has 0 aromatic heterocycles. The van der Waals surface area contributed by atoms with Gasteiger partial charge < -0.3 is 10.5 Å². The summed E-state index contributed by atoms with van der Waals surface area (Å²) in [6.07, 6.45) is 0.782. The predicted octanol–water partition coefficient (Wildman–Crippen LogP) is 2.39. The molecule has 0 fully saturated rings. The number of carbonyl (C=O) groups is 1. The lowest BCUT2D eigenvalue weighted by molar-refractivity contribution is 0.0931. The van der Waals surface area contributed by atoms with E-state index in [2.05, 4.69) is 0 Å². The average Bonchev–Trinajstić information content (AvgIpc) is 2.35. The summed E-state index contributed by atoms with van der Waals surface area (Å²) in [5, 5.41) is 0. The maximum Gasteiger partial charge on any atom is 0.182 e. The molecule has 17 heavy (non-hydrogen) atoms. The van der Waals surface area contributed by atoms with Gasteiger partial charge in [-0.1, -0.05) is 20.3 Å². The van der Waals surface area contributed by atoms with Crippen molar-refractivity contribution in [1.29, 1.82) is 0 Å². The van der Waals surface area contributed by atoms with Crippen LogP contribution in [0.5, 0.6) is 5.75 Å². The minimum atomic E-state index is -0.664. The summed E-state index contributed by atoms with van der Waals surface area (Å²) >= 11 is 0. The van der Waals surface area contributed by atoms with E-state index in [1.807, 2.05) is 13.8 Å². The smallest absolute Gasteiger partial charge is 0.182 e. The molecule has 2 N–H and O–H groups in total. The average molecular weight is 239 g/mol. The highest BCUT2D eigenvalue weighted by atomic mass is 19.1. The highest BCUT2D eigenvalue weighted by molar-refractivity contribution is 6.00. The highest BCUT2D eigenvalue weighted by Gasteiger charge is 2.23. The zero-order valence-corrected chi connectivity index (χ0v) is 10.4. The molecule has 0 aliphatic carbocycles. The number of ketones is 1. The van der Waals surface area contributed by atoms with Crippen LogP contribution in [0.1, 0.15) is 30.6 Å². The van der Waals surface area contributed by atoms with Gasteiger partial charge >= 0.3 is 0 Å². The van der Waals surface area contributed by atoms with Crippen LogP contribution in [0.3, 0.4) is 0 Å². The Kier molecular flexibility index (Phi) is 4.63. The number of hydrogen-bond acceptors (Lipinski definition) is 3. The molecule has 0 spiro atoms. The van der Waals surface area contributed by atoms with Gasteiger partial charge in [-0.2, -0.15) is 0 Å². The molecule has 0 aliphatic rings. The van der Waals surface area contributed by atoms with Crippen LogP contribution >= 0.6 is 0 Å². The van der Waals surface area contributed by atoms with Gasteiger partial charge in [-0.3, -0.25) is 4.79 Å². The van der Waals surface area contributed by atoms with Gasteiger partial charge in [0.15, 0.2) is 5.78 Å². The van der Waals surface area contributed by atoms with Gasteiger partial charge in [0.05, 0.1) is 18.7 Å². The molecule has 2 unspecified atom stereocenters. The van der Waals surface area contributed by atoms with Crippen molar-refractivity contribution in [1.82, 2.24) is 0 Å². The zero-order valence-electron chi connectivity index (χ0n) is 10.4. The maximum atomic E-state index is 13.7. The van der Waals surface area contributed by atoms with Crippen LogP contribution in [0.4, 0.5) is 4.39 Å². The number of nitrogens with two attached hydrogens (primary N) is 1. The number of halogens is 1. The van der Waals surface area contributed by atoms with Gasteiger partial charge in [0, 0.05) is 6.07 Å². The highest BCUT2D eigenvalue weighted by Crippen LogP contribution is 2.19. The quantitative estimate of drug-likeness (QED) is 0.803. The molecule has 4 heteroatoms. The van der Waals surface area contributed by atoms with E-state index in [0.717, 1.165) is 6.42 Å². The zero-order chi connectivity index (χ0) is 13.0. The Morgan fingerprint density at radius 1 is 1.53 bits per heavy atom. The Hall–Kier alpha value is -1.42. The van der Waals surface area contributed by atoms with E-state index in [9.17, 15) is 9.18 Å². The molecule has 0 saturated carbocycles. The van der Waals surface area contributed by atoms with E-state index in [-0.39, 0.29) is 17.3 Å². The number of benzene rings is 1. The van der Waals surface area contributed by atoms with E-state index in [1.54, 1.807) is 6.07 Å². The number of ether oxygens (including phenoxy) is 1. The second-order valence-corrected chi connectivity index (χ2v) is 4.12. The van der Waals surface area contributed by atoms with Crippen molar-refractivity contribution < 1.29 is 13.9 Å². The number of Topliss-reactive ketones (excluding diaryl/α,β-unsaturated/α-hetero) is 1. The molecule has 0 aliphatic heterocycles. The minimum absolute atomic E-state index is 0.0265. The summed E-state index contributed by atoms with van der Waals surface area (Å²) in [7, 11) is 1.45. The number of carbonyl (C=O) groups excluding carboxylic acids is 1. The molecule has 3 nitrogen and oxygen atoms in total. The topological polar surface area (TPSA) is 52.3 Å². The molecule has 0 saturated heterocycles. The third-order valence-electron chi connectivity index (χ3n) is 3.00. The summed E-state index contributed by atoms with van der Waals surface area (Å²) in [6.45, 7) is 3.83. The Morgan fingerprint density at radius 3 is 2.65 bits per heavy atom. The van der Waals surface area contributed by atoms with Gasteiger partial charge in [-0.25, -0.2) is 4.39 Å². The van der Waals surface area contributed by atoms with E-state index < -0.39 is 11.9 Å². The standard InChI is InChI=1S/C13H18FNO2/c1-4-8(2)12(15)13(16)10-6-5-9(17-3)7-11(10)14/h5-8,12H,4,15H2,1-3H3. The molecule has 1 aromatic carbocycles. The second kappa shape index (κ2) is 5.77. The van der Waals surface area contributed by atoms with Crippen LogP contribution in [0.25, 0.3) is 0 Å². The van der Waals surface area contributed by atoms with Crippen molar-refractivity contribution in [2.75, 3.05) is 7.11 Å². The van der Waals surface area contributed by atoms with E-state index in [1.165, 1.54) is 19.2 Å². The molecule has 0 bridgehead atoms. The monoisotopic (exact) mass is 239 g/mol. The largest absolute Gasteiger partial charge is 0.497 e. The molecule has 0 radical (unpaired) electrons. The van der Waals surface area contributed by atoms with Gasteiger partial charge in [-0.05, 0) is 18.1 Å². The van der Waals surface area contributed by atoms with Crippen LogP contribution < -0.4 is 10.5 Å². The van der Waals surface area contributed by atoms with Crippen LogP contribution in [-0.2, 0) is 0 Å². The minimum Gasteiger partial charge on any atom is -0.497 e. The van der Waals surface area contributed by atoms with Gasteiger partial charge in [0.2, 0.25) is 0 Å². The van der Waals surface area contributed by atoms with Gasteiger partial charge in [0.1, 0.15) is 11.6 Å². The molecular formula is C13H18FNO2. The van der Waals surface area contributed by atoms with Crippen molar-refractivity contribution >= 4 is 5.78 Å². The fourth-order valence-corrected chi connectivity index (χ4v) is 1.51. The molecule has 94 valence electrons. The lowest BCUT2D eigenvalue weighted by Gasteiger charge is -2.17. The second-order valence-electron chi connectivity index (χ2n) is 4.12. The normalized spacial score (nSPS) is 14.2. The van der Waals surface area contributed by atoms with Crippen LogP contribution in [0, 0.1) is 11.7 Å². The lowest BCUT2D eigenvalue weighted by Crippen LogP contribution is -2.37. The molecule has 0 heterocycles. The number of hydrogen-bond donors (Lipinski definition) is 1. The Morgan fingerprint density at radius 2 is 2.18 bits per heavy atom. The van der Waals surface area contributed by atoms with E-state index in [4.69, 9.17) is 10.5 Å². The van der Waals surface area contributed by atoms with Gasteiger partial charge in [0.25, 0.3) is 0 Å². The van der Waals surface area contributed by atoms with Crippen LogP contribution in [0.2, 0.25) is 0 Å². The fraction of sp³-hybridized carbons (Fsp3) is 0.462. The lowest BCUT2D eigenvalue weighted by atomic mass is 9.92. The summed E-state index contributed by atoms with van der Waals surface area (Å²) in [6, 6.07) is 3.50. The third kappa shape index (κ3) is 3.03. The van der Waals surface area contributed by atoms with E-state index in [0.29, 0.717) is 5.75 Å². The fourth-order valence-electron chi connectivity index (χ4n) is 1.51. The summed E-state index contributed by atoms with van der Waals surface area (Å²) < 4.78 is 18.5. The first-order chi connectivity index (χ1) is 8.01. The summed E-state index contributed by atoms with van der Waals surface area (Å²) in [4.78, 5) is 12.0. The van der Waals surface area contributed by atoms with Crippen molar-refractivity contribution in [2.45, 2.75) is 26.3 Å². The predicted molar refractivity (Wildman–Crippen MR) is 64.7 cm³/mol. The summed E-state index contributed by atoms with van der Waals surface area (Å²) in [5.41, 5.74) is 5.82. The first kappa shape index (κ1) is 13.6. The molecule has 1 rings (SSSR count). The van der Waals surface area contributed by atoms with Crippen molar-refractivity contribution in [3.05, 3.63) is 29.6 Å². The van der Waals surface area contributed by atoms with E-state index >= 15 is 0 Å². The maximum absolute atomic E-state index is 13.7. The molecule has 1 aromatic rings. The Bertz CT molecular complexity index is 406. The molecular weight excluding hydrogens is 221 g/mol. The molecule has 2 atom stereocenters. The Labute approximate surface area is 101 Å². The number of rotatable bonds is 5. The summed E-state index contributed by atoms with van der Waals surface area (Å²) in [5.74, 6) is -0.534. The van der Waals surface area contributed by atoms with Crippen molar-refractivity contribution in [2.24, 2.45) is 11.7 Å². The first-order valence-corrected chi connectivity index (χ1v) is 5.64. The first-order valence-electron chi connectivity index (χ1n) is 5.64. The SMILES string of the molecule is CCC(C)C(N)C(=O)c1ccc(OC)cc1F. The third-order valence-corrected chi connectivity index (χ3v) is 3.00.